The van der Waals surface area contributed by atoms with Crippen LogP contribution in [0.25, 0.3) is 16.8 Å². The highest BCUT2D eigenvalue weighted by molar-refractivity contribution is 6.34. The van der Waals surface area contributed by atoms with Crippen LogP contribution in [0.15, 0.2) is 43.4 Å². The smallest absolute Gasteiger partial charge is 0.245 e. The molecule has 0 radical (unpaired) electrons. The van der Waals surface area contributed by atoms with Crippen LogP contribution in [-0.2, 0) is 11.8 Å². The summed E-state index contributed by atoms with van der Waals surface area (Å²) in [4.78, 5) is 13.7. The van der Waals surface area contributed by atoms with E-state index in [1.165, 1.54) is 6.08 Å². The number of halogens is 1. The zero-order valence-electron chi connectivity index (χ0n) is 19.9. The molecule has 0 bridgehead atoms. The molecule has 5 heterocycles. The van der Waals surface area contributed by atoms with Crippen LogP contribution < -0.4 is 4.74 Å². The van der Waals surface area contributed by atoms with Gasteiger partial charge in [-0.25, -0.2) is 9.20 Å². The van der Waals surface area contributed by atoms with E-state index < -0.39 is 0 Å². The summed E-state index contributed by atoms with van der Waals surface area (Å²) in [6.45, 7) is 8.88. The summed E-state index contributed by atoms with van der Waals surface area (Å²) in [5.74, 6) is 0.562. The summed E-state index contributed by atoms with van der Waals surface area (Å²) in [6.07, 6.45) is 8.06. The van der Waals surface area contributed by atoms with Crippen molar-refractivity contribution in [2.45, 2.75) is 38.8 Å². The number of carbonyl (C=O) groups is 1. The van der Waals surface area contributed by atoms with Gasteiger partial charge < -0.3 is 9.64 Å². The van der Waals surface area contributed by atoms with Crippen LogP contribution in [0.5, 0.6) is 5.75 Å². The largest absolute Gasteiger partial charge is 0.482 e. The Morgan fingerprint density at radius 1 is 1.34 bits per heavy atom. The molecular weight excluding hydrogens is 468 g/mol. The fraction of sp³-hybridized carbons (Fsp3) is 0.375. The van der Waals surface area contributed by atoms with E-state index >= 15 is 0 Å². The van der Waals surface area contributed by atoms with Crippen molar-refractivity contribution in [2.24, 2.45) is 7.05 Å². The average molecular weight is 495 g/mol. The topological polar surface area (TPSA) is 95.4 Å². The summed E-state index contributed by atoms with van der Waals surface area (Å²) in [5, 5.41) is 18.3. The molecule has 1 amide bonds. The molecule has 0 saturated carbocycles. The van der Waals surface area contributed by atoms with Crippen molar-refractivity contribution in [1.82, 2.24) is 39.3 Å². The molecule has 5 rings (SSSR count). The minimum atomic E-state index is -0.290. The summed E-state index contributed by atoms with van der Waals surface area (Å²) in [7, 11) is 1.87. The molecule has 1 aliphatic rings. The molecule has 0 spiro atoms. The van der Waals surface area contributed by atoms with E-state index in [4.69, 9.17) is 16.3 Å². The number of piperidine rings is 1. The number of pyridine rings is 1. The first-order chi connectivity index (χ1) is 16.9. The van der Waals surface area contributed by atoms with Crippen LogP contribution in [-0.4, -0.2) is 58.3 Å². The number of carbonyl (C=O) groups excluding carboxylic acids is 1. The van der Waals surface area contributed by atoms with E-state index in [2.05, 4.69) is 27.1 Å². The summed E-state index contributed by atoms with van der Waals surface area (Å²) in [6, 6.07) is 4.02. The van der Waals surface area contributed by atoms with Crippen molar-refractivity contribution < 1.29 is 9.53 Å². The van der Waals surface area contributed by atoms with Crippen LogP contribution in [0.2, 0.25) is 5.02 Å². The number of aryl methyl sites for hydroxylation is 1. The van der Waals surface area contributed by atoms with Gasteiger partial charge in [-0.2, -0.15) is 10.2 Å². The van der Waals surface area contributed by atoms with Crippen LogP contribution in [0.4, 0.5) is 0 Å². The first-order valence-corrected chi connectivity index (χ1v) is 11.9. The van der Waals surface area contributed by atoms with Crippen LogP contribution in [0, 0.1) is 6.92 Å². The van der Waals surface area contributed by atoms with Gasteiger partial charge in [-0.1, -0.05) is 23.4 Å². The molecule has 0 aliphatic carbocycles. The molecule has 4 aromatic heterocycles. The van der Waals surface area contributed by atoms with Crippen molar-refractivity contribution in [3.63, 3.8) is 0 Å². The molecular formula is C24H27ClN8O2. The van der Waals surface area contributed by atoms with E-state index in [0.29, 0.717) is 29.4 Å². The number of likely N-dealkylation sites (tertiary alicyclic amines) is 1. The first kappa shape index (κ1) is 23.1. The number of ether oxygens (including phenoxy) is 1. The number of nitrogens with zero attached hydrogens (tertiary/aromatic N) is 8. The zero-order chi connectivity index (χ0) is 24.7. The maximum Gasteiger partial charge on any atom is 0.245 e. The Morgan fingerprint density at radius 2 is 2.11 bits per heavy atom. The van der Waals surface area contributed by atoms with Crippen molar-refractivity contribution in [2.75, 3.05) is 13.1 Å². The maximum atomic E-state index is 11.9. The fourth-order valence-electron chi connectivity index (χ4n) is 4.58. The fourth-order valence-corrected chi connectivity index (χ4v) is 4.81. The van der Waals surface area contributed by atoms with Crippen molar-refractivity contribution in [1.29, 1.82) is 0 Å². The van der Waals surface area contributed by atoms with E-state index in [0.717, 1.165) is 35.5 Å². The molecule has 1 atom stereocenters. The van der Waals surface area contributed by atoms with E-state index in [9.17, 15) is 4.79 Å². The second-order valence-electron chi connectivity index (χ2n) is 8.78. The van der Waals surface area contributed by atoms with Gasteiger partial charge in [-0.15, -0.1) is 5.10 Å². The highest BCUT2D eigenvalue weighted by Gasteiger charge is 2.26. The van der Waals surface area contributed by atoms with Gasteiger partial charge in [0.1, 0.15) is 28.8 Å². The number of rotatable bonds is 6. The molecule has 0 N–H and O–H groups in total. The summed E-state index contributed by atoms with van der Waals surface area (Å²) < 4.78 is 11.7. The third kappa shape index (κ3) is 4.29. The van der Waals surface area contributed by atoms with Gasteiger partial charge in [0, 0.05) is 38.1 Å². The Balaban J connectivity index is 1.45. The van der Waals surface area contributed by atoms with Gasteiger partial charge >= 0.3 is 0 Å². The van der Waals surface area contributed by atoms with Crippen LogP contribution in [0.3, 0.4) is 0 Å². The third-order valence-electron chi connectivity index (χ3n) is 6.48. The summed E-state index contributed by atoms with van der Waals surface area (Å²) >= 11 is 6.44. The normalized spacial score (nSPS) is 15.5. The zero-order valence-corrected chi connectivity index (χ0v) is 20.7. The number of aromatic nitrogens is 7. The Labute approximate surface area is 207 Å². The van der Waals surface area contributed by atoms with Gasteiger partial charge in [0.25, 0.3) is 0 Å². The first-order valence-electron chi connectivity index (χ1n) is 11.5. The molecule has 4 aromatic rings. The highest BCUT2D eigenvalue weighted by Crippen LogP contribution is 2.35. The molecule has 1 unspecified atom stereocenters. The van der Waals surface area contributed by atoms with Gasteiger partial charge in [0.15, 0.2) is 0 Å². The minimum Gasteiger partial charge on any atom is -0.482 e. The lowest BCUT2D eigenvalue weighted by molar-refractivity contribution is -0.127. The molecule has 1 saturated heterocycles. The molecule has 0 aromatic carbocycles. The Hall–Kier alpha value is -3.66. The third-order valence-corrected chi connectivity index (χ3v) is 6.76. The molecule has 10 nitrogen and oxygen atoms in total. The Kier molecular flexibility index (Phi) is 6.06. The Morgan fingerprint density at radius 3 is 2.80 bits per heavy atom. The molecule has 1 aliphatic heterocycles. The van der Waals surface area contributed by atoms with Gasteiger partial charge in [0.05, 0.1) is 23.0 Å². The van der Waals surface area contributed by atoms with Crippen LogP contribution in [0.1, 0.15) is 43.3 Å². The molecule has 11 heteroatoms. The molecule has 1 fully saturated rings. The molecule has 182 valence electrons. The standard InChI is InChI=1S/C24H27ClN8O2/c1-5-22(34)31-10-6-18(7-11-31)33-15(2)23(27-29-33)17-12-21(24-19(25)13-26-32(24)14-17)35-16(3)20-8-9-30(4)28-20/h5,8-9,12-14,16,18H,1,6-7,10-11H2,2-4H3. The van der Waals surface area contributed by atoms with E-state index in [1.54, 1.807) is 15.4 Å². The number of hydrogen-bond acceptors (Lipinski definition) is 6. The lowest BCUT2D eigenvalue weighted by Gasteiger charge is -2.31. The minimum absolute atomic E-state index is 0.0295. The Bertz CT molecular complexity index is 1400. The maximum absolute atomic E-state index is 11.9. The second-order valence-corrected chi connectivity index (χ2v) is 9.19. The monoisotopic (exact) mass is 494 g/mol. The van der Waals surface area contributed by atoms with Gasteiger partial charge in [0.2, 0.25) is 5.91 Å². The quantitative estimate of drug-likeness (QED) is 0.378. The predicted molar refractivity (Wildman–Crippen MR) is 131 cm³/mol. The molecule has 35 heavy (non-hydrogen) atoms. The number of fused-ring (bicyclic) bond motifs is 1. The van der Waals surface area contributed by atoms with Crippen molar-refractivity contribution >= 4 is 23.0 Å². The SMILES string of the molecule is C=CC(=O)N1CCC(n2nnc(-c3cc(OC(C)c4ccn(C)n4)c4c(Cl)cnn4c3)c2C)CC1. The predicted octanol–water partition coefficient (Wildman–Crippen LogP) is 3.78. The van der Waals surface area contributed by atoms with Gasteiger partial charge in [-0.3, -0.25) is 9.48 Å². The van der Waals surface area contributed by atoms with E-state index in [-0.39, 0.29) is 18.1 Å². The summed E-state index contributed by atoms with van der Waals surface area (Å²) in [5.41, 5.74) is 4.01. The van der Waals surface area contributed by atoms with Gasteiger partial charge in [-0.05, 0) is 44.9 Å². The van der Waals surface area contributed by atoms with E-state index in [1.807, 2.05) is 55.0 Å². The highest BCUT2D eigenvalue weighted by atomic mass is 35.5. The number of amides is 1. The van der Waals surface area contributed by atoms with Crippen molar-refractivity contribution in [3.8, 4) is 17.0 Å². The average Bonchev–Trinajstić information content (AvgIpc) is 3.57. The number of hydrogen-bond donors (Lipinski definition) is 0. The van der Waals surface area contributed by atoms with Crippen LogP contribution >= 0.6 is 11.6 Å². The van der Waals surface area contributed by atoms with Crippen molar-refractivity contribution in [3.05, 3.63) is 59.8 Å². The lowest BCUT2D eigenvalue weighted by Crippen LogP contribution is -2.38. The lowest BCUT2D eigenvalue weighted by atomic mass is 10.0. The second kappa shape index (κ2) is 9.18.